The van der Waals surface area contributed by atoms with Gasteiger partial charge in [-0.3, -0.25) is 5.43 Å². The van der Waals surface area contributed by atoms with E-state index in [0.29, 0.717) is 5.69 Å². The number of carbonyl (C=O) groups excluding carboxylic acids is 1. The molecule has 0 atom stereocenters. The van der Waals surface area contributed by atoms with E-state index in [2.05, 4.69) is 25.3 Å². The predicted octanol–water partition coefficient (Wildman–Crippen LogP) is 2.20. The van der Waals surface area contributed by atoms with E-state index in [-0.39, 0.29) is 5.84 Å². The van der Waals surface area contributed by atoms with Crippen LogP contribution in [-0.4, -0.2) is 18.9 Å². The summed E-state index contributed by atoms with van der Waals surface area (Å²) in [6.45, 7) is 1.88. The average Bonchev–Trinajstić information content (AvgIpc) is 2.35. The van der Waals surface area contributed by atoms with E-state index in [1.807, 2.05) is 25.1 Å². The second kappa shape index (κ2) is 6.14. The summed E-state index contributed by atoms with van der Waals surface area (Å²) >= 11 is 0. The topological polar surface area (TPSA) is 99.5 Å². The maximum absolute atomic E-state index is 11.2. The van der Waals surface area contributed by atoms with Crippen molar-refractivity contribution < 1.29 is 9.53 Å². The maximum Gasteiger partial charge on any atom is 0.360 e. The Morgan fingerprint density at radius 1 is 1.47 bits per heavy atom. The van der Waals surface area contributed by atoms with Gasteiger partial charge in [0.15, 0.2) is 0 Å². The summed E-state index contributed by atoms with van der Waals surface area (Å²) in [6, 6.07) is 7.35. The highest BCUT2D eigenvalue weighted by Crippen LogP contribution is 2.12. The highest BCUT2D eigenvalue weighted by Gasteiger charge is 2.09. The van der Waals surface area contributed by atoms with Crippen LogP contribution in [0.15, 0.2) is 34.5 Å². The fraction of sp³-hybridized carbons (Fsp3) is 0.200. The van der Waals surface area contributed by atoms with Crippen LogP contribution in [0.2, 0.25) is 0 Å². The van der Waals surface area contributed by atoms with E-state index in [4.69, 9.17) is 5.53 Å². The predicted molar refractivity (Wildman–Crippen MR) is 63.4 cm³/mol. The Hall–Kier alpha value is -2.53. The van der Waals surface area contributed by atoms with E-state index in [9.17, 15) is 4.79 Å². The molecule has 1 rings (SSSR count). The molecule has 1 aromatic rings. The van der Waals surface area contributed by atoms with Gasteiger partial charge in [0.2, 0.25) is 5.84 Å². The smallest absolute Gasteiger partial charge is 0.360 e. The average molecular weight is 233 g/mol. The zero-order valence-corrected chi connectivity index (χ0v) is 9.41. The van der Waals surface area contributed by atoms with Crippen molar-refractivity contribution in [3.05, 3.63) is 40.3 Å². The number of methoxy groups -OCH3 is 1. The summed E-state index contributed by atoms with van der Waals surface area (Å²) in [6.07, 6.45) is 0. The molecular weight excluding hydrogens is 222 g/mol. The van der Waals surface area contributed by atoms with Crippen molar-refractivity contribution in [1.82, 2.24) is 0 Å². The first kappa shape index (κ1) is 12.5. The van der Waals surface area contributed by atoms with Crippen LogP contribution in [-0.2, 0) is 9.53 Å². The Balaban J connectivity index is 2.90. The molecule has 7 heteroatoms. The van der Waals surface area contributed by atoms with Crippen molar-refractivity contribution in [1.29, 1.82) is 0 Å². The number of nitrogens with one attached hydrogen (secondary N) is 1. The molecule has 0 aromatic heterocycles. The third kappa shape index (κ3) is 3.51. The number of hydrogen-bond acceptors (Lipinski definition) is 4. The molecule has 0 radical (unpaired) electrons. The number of hydrazone groups is 1. The number of rotatable bonds is 2. The molecule has 0 heterocycles. The summed E-state index contributed by atoms with van der Waals surface area (Å²) in [7, 11) is 1.18. The molecule has 17 heavy (non-hydrogen) atoms. The molecule has 88 valence electrons. The molecule has 0 aliphatic carbocycles. The van der Waals surface area contributed by atoms with E-state index in [1.54, 1.807) is 6.07 Å². The number of anilines is 1. The van der Waals surface area contributed by atoms with Gasteiger partial charge in [0.1, 0.15) is 0 Å². The van der Waals surface area contributed by atoms with Crippen molar-refractivity contribution >= 4 is 17.5 Å². The number of carbonyl (C=O) groups is 1. The van der Waals surface area contributed by atoms with E-state index < -0.39 is 5.97 Å². The maximum atomic E-state index is 11.2. The third-order valence-corrected chi connectivity index (χ3v) is 1.93. The minimum Gasteiger partial charge on any atom is -0.464 e. The van der Waals surface area contributed by atoms with Crippen LogP contribution in [0.4, 0.5) is 5.69 Å². The molecule has 7 nitrogen and oxygen atoms in total. The first-order valence-electron chi connectivity index (χ1n) is 4.71. The lowest BCUT2D eigenvalue weighted by molar-refractivity contribution is -0.132. The van der Waals surface area contributed by atoms with Crippen LogP contribution in [0.25, 0.3) is 10.4 Å². The summed E-state index contributed by atoms with van der Waals surface area (Å²) < 4.78 is 4.41. The zero-order valence-electron chi connectivity index (χ0n) is 9.41. The number of nitrogens with zero attached hydrogens (tertiary/aromatic N) is 4. The second-order valence-corrected chi connectivity index (χ2v) is 3.04. The quantitative estimate of drug-likeness (QED) is 0.161. The summed E-state index contributed by atoms with van der Waals surface area (Å²) in [4.78, 5) is 13.6. The van der Waals surface area contributed by atoms with Crippen LogP contribution in [0.5, 0.6) is 0 Å². The normalized spacial score (nSPS) is 10.4. The number of aryl methyl sites for hydroxylation is 1. The molecule has 1 aromatic carbocycles. The first-order chi connectivity index (χ1) is 8.19. The number of azide groups is 1. The molecule has 0 aliphatic heterocycles. The lowest BCUT2D eigenvalue weighted by atomic mass is 10.2. The number of amidine groups is 1. The number of benzene rings is 1. The molecule has 0 saturated heterocycles. The van der Waals surface area contributed by atoms with Gasteiger partial charge in [0.05, 0.1) is 12.8 Å². The van der Waals surface area contributed by atoms with Crippen LogP contribution >= 0.6 is 0 Å². The summed E-state index contributed by atoms with van der Waals surface area (Å²) in [5.74, 6) is -1.18. The van der Waals surface area contributed by atoms with Gasteiger partial charge in [-0.1, -0.05) is 18.2 Å². The molecule has 0 unspecified atom stereocenters. The van der Waals surface area contributed by atoms with Crippen molar-refractivity contribution in [2.24, 2.45) is 10.2 Å². The molecule has 0 bridgehead atoms. The highest BCUT2D eigenvalue weighted by molar-refractivity contribution is 6.35. The molecule has 0 aliphatic rings. The summed E-state index contributed by atoms with van der Waals surface area (Å²) in [5.41, 5.74) is 12.6. The molecular formula is C10H11N5O2. The zero-order chi connectivity index (χ0) is 12.7. The SMILES string of the molecule is COC(=O)/C(N=[N+]=[N-])=N/Nc1ccccc1C. The Morgan fingerprint density at radius 3 is 2.76 bits per heavy atom. The van der Waals surface area contributed by atoms with Gasteiger partial charge >= 0.3 is 5.97 Å². The Morgan fingerprint density at radius 2 is 2.18 bits per heavy atom. The minimum absolute atomic E-state index is 0.377. The number of ether oxygens (including phenoxy) is 1. The van der Waals surface area contributed by atoms with Gasteiger partial charge in [-0.25, -0.2) is 4.79 Å². The second-order valence-electron chi connectivity index (χ2n) is 3.04. The third-order valence-electron chi connectivity index (χ3n) is 1.93. The molecule has 0 spiro atoms. The molecule has 1 N–H and O–H groups in total. The monoisotopic (exact) mass is 233 g/mol. The fourth-order valence-corrected chi connectivity index (χ4v) is 1.05. The van der Waals surface area contributed by atoms with E-state index in [1.165, 1.54) is 7.11 Å². The molecule has 0 fully saturated rings. The fourth-order valence-electron chi connectivity index (χ4n) is 1.05. The lowest BCUT2D eigenvalue weighted by Gasteiger charge is -2.04. The minimum atomic E-state index is -0.802. The number of esters is 1. The van der Waals surface area contributed by atoms with E-state index in [0.717, 1.165) is 5.56 Å². The summed E-state index contributed by atoms with van der Waals surface area (Å²) in [5, 5.41) is 6.82. The standard InChI is InChI=1S/C10H11N5O2/c1-7-5-3-4-6-8(7)12-13-9(14-15-11)10(16)17-2/h3-6,12H,1-2H3/b13-9-. The number of hydrogen-bond donors (Lipinski definition) is 1. The van der Waals surface area contributed by atoms with Gasteiger partial charge in [-0.15, -0.1) is 0 Å². The number of para-hydroxylation sites is 1. The Labute approximate surface area is 97.7 Å². The van der Waals surface area contributed by atoms with Crippen molar-refractivity contribution in [3.63, 3.8) is 0 Å². The molecule has 0 amide bonds. The van der Waals surface area contributed by atoms with Gasteiger partial charge in [0.25, 0.3) is 0 Å². The Bertz CT molecular complexity index is 491. The van der Waals surface area contributed by atoms with Gasteiger partial charge < -0.3 is 4.74 Å². The van der Waals surface area contributed by atoms with E-state index >= 15 is 0 Å². The molecule has 0 saturated carbocycles. The first-order valence-corrected chi connectivity index (χ1v) is 4.71. The van der Waals surface area contributed by atoms with Gasteiger partial charge in [0, 0.05) is 4.91 Å². The van der Waals surface area contributed by atoms with Crippen LogP contribution in [0.1, 0.15) is 5.56 Å². The lowest BCUT2D eigenvalue weighted by Crippen LogP contribution is -2.14. The highest BCUT2D eigenvalue weighted by atomic mass is 16.5. The van der Waals surface area contributed by atoms with Crippen molar-refractivity contribution in [3.8, 4) is 0 Å². The van der Waals surface area contributed by atoms with Crippen LogP contribution in [0.3, 0.4) is 0 Å². The van der Waals surface area contributed by atoms with Crippen molar-refractivity contribution in [2.75, 3.05) is 12.5 Å². The van der Waals surface area contributed by atoms with Gasteiger partial charge in [-0.2, -0.15) is 5.10 Å². The van der Waals surface area contributed by atoms with Crippen LogP contribution in [0, 0.1) is 6.92 Å². The van der Waals surface area contributed by atoms with Gasteiger partial charge in [-0.05, 0) is 29.2 Å². The van der Waals surface area contributed by atoms with Crippen molar-refractivity contribution in [2.45, 2.75) is 6.92 Å². The van der Waals surface area contributed by atoms with Crippen LogP contribution < -0.4 is 5.43 Å². The largest absolute Gasteiger partial charge is 0.464 e. The Kier molecular flexibility index (Phi) is 4.53.